The maximum absolute atomic E-state index is 12.6. The van der Waals surface area contributed by atoms with Gasteiger partial charge in [0, 0.05) is 25.0 Å². The predicted octanol–water partition coefficient (Wildman–Crippen LogP) is 2.22. The number of furan rings is 1. The number of hydrogen-bond acceptors (Lipinski definition) is 7. The number of anilines is 1. The molecule has 4 aromatic heterocycles. The number of nitrogens with zero attached hydrogens (tertiary/aromatic N) is 4. The van der Waals surface area contributed by atoms with Crippen LogP contribution >= 0.6 is 11.3 Å². The highest BCUT2D eigenvalue weighted by Crippen LogP contribution is 2.29. The van der Waals surface area contributed by atoms with Crippen LogP contribution in [0.1, 0.15) is 22.0 Å². The molecule has 29 heavy (non-hydrogen) atoms. The van der Waals surface area contributed by atoms with Crippen molar-refractivity contribution in [2.24, 2.45) is 14.1 Å². The van der Waals surface area contributed by atoms with Gasteiger partial charge in [-0.05, 0) is 32.0 Å². The Morgan fingerprint density at radius 1 is 1.14 bits per heavy atom. The summed E-state index contributed by atoms with van der Waals surface area (Å²) in [7, 11) is 2.90. The Kier molecular flexibility index (Phi) is 4.42. The first kappa shape index (κ1) is 18.8. The van der Waals surface area contributed by atoms with E-state index < -0.39 is 17.2 Å². The number of aromatic nitrogens is 4. The minimum absolute atomic E-state index is 0.0767. The highest BCUT2D eigenvalue weighted by molar-refractivity contribution is 7.14. The molecule has 0 aliphatic rings. The first-order chi connectivity index (χ1) is 13.8. The number of amides is 1. The van der Waals surface area contributed by atoms with Gasteiger partial charge in [0.25, 0.3) is 11.5 Å². The average molecular weight is 411 g/mol. The minimum atomic E-state index is -0.511. The first-order valence-corrected chi connectivity index (χ1v) is 9.55. The van der Waals surface area contributed by atoms with Crippen LogP contribution in [0.4, 0.5) is 5.13 Å². The molecule has 0 saturated heterocycles. The van der Waals surface area contributed by atoms with Crippen LogP contribution in [0.15, 0.2) is 37.6 Å². The molecular weight excluding hydrogens is 394 g/mol. The van der Waals surface area contributed by atoms with Crippen LogP contribution in [-0.4, -0.2) is 25.0 Å². The number of hydrogen-bond donors (Lipinski definition) is 1. The molecule has 0 atom stereocenters. The molecule has 4 heterocycles. The van der Waals surface area contributed by atoms with E-state index in [1.54, 1.807) is 0 Å². The third kappa shape index (κ3) is 3.17. The zero-order chi connectivity index (χ0) is 20.9. The van der Waals surface area contributed by atoms with Crippen LogP contribution in [0.2, 0.25) is 0 Å². The summed E-state index contributed by atoms with van der Waals surface area (Å²) in [6.07, 6.45) is 0. The molecule has 1 N–H and O–H groups in total. The number of thiazole rings is 1. The van der Waals surface area contributed by atoms with E-state index in [0.717, 1.165) is 21.7 Å². The van der Waals surface area contributed by atoms with Gasteiger partial charge in [-0.3, -0.25) is 24.0 Å². The smallest absolute Gasteiger partial charge is 0.332 e. The van der Waals surface area contributed by atoms with Gasteiger partial charge in [0.2, 0.25) is 0 Å². The Morgan fingerprint density at radius 3 is 2.59 bits per heavy atom. The summed E-state index contributed by atoms with van der Waals surface area (Å²) in [5.74, 6) is 1.05. The second kappa shape index (κ2) is 6.82. The Balaban J connectivity index is 1.66. The molecule has 0 aliphatic carbocycles. The minimum Gasteiger partial charge on any atom is -0.466 e. The lowest BCUT2D eigenvalue weighted by molar-refractivity contribution is 0.102. The molecule has 0 unspecified atom stereocenters. The van der Waals surface area contributed by atoms with Crippen LogP contribution in [-0.2, 0) is 14.1 Å². The van der Waals surface area contributed by atoms with E-state index in [0.29, 0.717) is 10.8 Å². The van der Waals surface area contributed by atoms with Crippen LogP contribution in [0.25, 0.3) is 22.3 Å². The highest BCUT2D eigenvalue weighted by Gasteiger charge is 2.16. The summed E-state index contributed by atoms with van der Waals surface area (Å²) in [5, 5.41) is 5.19. The van der Waals surface area contributed by atoms with E-state index >= 15 is 0 Å². The summed E-state index contributed by atoms with van der Waals surface area (Å²) in [6.45, 7) is 3.71. The fourth-order valence-corrected chi connectivity index (χ4v) is 3.79. The molecule has 0 fully saturated rings. The summed E-state index contributed by atoms with van der Waals surface area (Å²) in [4.78, 5) is 45.6. The van der Waals surface area contributed by atoms with Crippen molar-refractivity contribution in [3.8, 4) is 11.3 Å². The Hall–Kier alpha value is -3.53. The first-order valence-electron chi connectivity index (χ1n) is 8.67. The summed E-state index contributed by atoms with van der Waals surface area (Å²) in [5.41, 5.74) is 0.828. The molecule has 0 aromatic carbocycles. The quantitative estimate of drug-likeness (QED) is 0.553. The third-order valence-electron chi connectivity index (χ3n) is 4.58. The number of aryl methyl sites for hydroxylation is 3. The van der Waals surface area contributed by atoms with Crippen LogP contribution in [0, 0.1) is 13.8 Å². The largest absolute Gasteiger partial charge is 0.466 e. The Morgan fingerprint density at radius 2 is 1.90 bits per heavy atom. The van der Waals surface area contributed by atoms with Gasteiger partial charge in [-0.2, -0.15) is 0 Å². The van der Waals surface area contributed by atoms with Gasteiger partial charge in [0.15, 0.2) is 5.13 Å². The topological polar surface area (TPSA) is 112 Å². The van der Waals surface area contributed by atoms with E-state index in [4.69, 9.17) is 4.42 Å². The molecule has 1 amide bonds. The van der Waals surface area contributed by atoms with Crippen molar-refractivity contribution < 1.29 is 9.21 Å². The lowest BCUT2D eigenvalue weighted by atomic mass is 10.2. The van der Waals surface area contributed by atoms with Crippen molar-refractivity contribution in [1.29, 1.82) is 0 Å². The Labute approximate surface area is 168 Å². The van der Waals surface area contributed by atoms with Crippen molar-refractivity contribution in [3.05, 3.63) is 61.6 Å². The van der Waals surface area contributed by atoms with Crippen LogP contribution < -0.4 is 16.6 Å². The fourth-order valence-electron chi connectivity index (χ4n) is 3.08. The summed E-state index contributed by atoms with van der Waals surface area (Å²) >= 11 is 1.28. The van der Waals surface area contributed by atoms with Gasteiger partial charge in [0.1, 0.15) is 22.9 Å². The maximum Gasteiger partial charge on any atom is 0.332 e. The van der Waals surface area contributed by atoms with Gasteiger partial charge in [-0.1, -0.05) is 0 Å². The van der Waals surface area contributed by atoms with Crippen molar-refractivity contribution in [1.82, 2.24) is 19.1 Å². The van der Waals surface area contributed by atoms with E-state index in [1.165, 1.54) is 42.1 Å². The molecule has 148 valence electrons. The van der Waals surface area contributed by atoms with E-state index in [2.05, 4.69) is 15.3 Å². The van der Waals surface area contributed by atoms with Crippen molar-refractivity contribution >= 4 is 33.4 Å². The number of carbonyl (C=O) groups is 1. The van der Waals surface area contributed by atoms with Crippen molar-refractivity contribution in [2.75, 3.05) is 5.32 Å². The molecule has 10 heteroatoms. The molecule has 0 saturated carbocycles. The van der Waals surface area contributed by atoms with Gasteiger partial charge in [-0.15, -0.1) is 11.3 Å². The zero-order valence-electron chi connectivity index (χ0n) is 16.1. The van der Waals surface area contributed by atoms with E-state index in [9.17, 15) is 14.4 Å². The molecule has 4 rings (SSSR count). The number of pyridine rings is 1. The second-order valence-electron chi connectivity index (χ2n) is 6.59. The monoisotopic (exact) mass is 411 g/mol. The van der Waals surface area contributed by atoms with Gasteiger partial charge in [-0.25, -0.2) is 14.8 Å². The van der Waals surface area contributed by atoms with Gasteiger partial charge in [0.05, 0.1) is 11.1 Å². The molecule has 4 aromatic rings. The molecule has 0 bridgehead atoms. The molecule has 0 radical (unpaired) electrons. The standard InChI is InChI=1S/C19H17N5O4S/c1-9-7-12(10(2)28-9)14-8-29-18(21-14)22-16(25)13-6-5-11-15(20-13)23(3)19(27)24(4)17(11)26/h5-8H,1-4H3,(H,21,22,25). The molecule has 0 aliphatic heterocycles. The van der Waals surface area contributed by atoms with Crippen molar-refractivity contribution in [3.63, 3.8) is 0 Å². The lowest BCUT2D eigenvalue weighted by Crippen LogP contribution is -2.37. The maximum atomic E-state index is 12.6. The fraction of sp³-hybridized carbons (Fsp3) is 0.211. The van der Waals surface area contributed by atoms with Crippen LogP contribution in [0.5, 0.6) is 0 Å². The predicted molar refractivity (Wildman–Crippen MR) is 109 cm³/mol. The lowest BCUT2D eigenvalue weighted by Gasteiger charge is -2.08. The summed E-state index contributed by atoms with van der Waals surface area (Å²) in [6, 6.07) is 4.83. The average Bonchev–Trinajstić information content (AvgIpc) is 3.29. The number of rotatable bonds is 3. The van der Waals surface area contributed by atoms with Gasteiger partial charge >= 0.3 is 5.69 Å². The zero-order valence-corrected chi connectivity index (χ0v) is 17.0. The third-order valence-corrected chi connectivity index (χ3v) is 5.33. The second-order valence-corrected chi connectivity index (χ2v) is 7.45. The van der Waals surface area contributed by atoms with Crippen molar-refractivity contribution in [2.45, 2.75) is 13.8 Å². The normalized spacial score (nSPS) is 11.2. The molecule has 0 spiro atoms. The highest BCUT2D eigenvalue weighted by atomic mass is 32.1. The number of fused-ring (bicyclic) bond motifs is 1. The molecule has 9 nitrogen and oxygen atoms in total. The SMILES string of the molecule is Cc1cc(-c2csc(NC(=O)c3ccc4c(=O)n(C)c(=O)n(C)c4n3)n2)c(C)o1. The summed E-state index contributed by atoms with van der Waals surface area (Å²) < 4.78 is 7.76. The van der Waals surface area contributed by atoms with E-state index in [-0.39, 0.29) is 16.7 Å². The number of nitrogens with one attached hydrogen (secondary N) is 1. The van der Waals surface area contributed by atoms with Gasteiger partial charge < -0.3 is 4.42 Å². The van der Waals surface area contributed by atoms with Crippen LogP contribution in [0.3, 0.4) is 0 Å². The molecular formula is C19H17N5O4S. The number of carbonyl (C=O) groups excluding carboxylic acids is 1. The Bertz CT molecular complexity index is 1390. The van der Waals surface area contributed by atoms with E-state index in [1.807, 2.05) is 25.3 Å².